The molecule has 0 saturated heterocycles. The zero-order valence-electron chi connectivity index (χ0n) is 13.1. The van der Waals surface area contributed by atoms with Gasteiger partial charge in [-0.3, -0.25) is 14.0 Å². The van der Waals surface area contributed by atoms with Crippen molar-refractivity contribution in [3.8, 4) is 0 Å². The number of rotatable bonds is 4. The quantitative estimate of drug-likeness (QED) is 0.761. The van der Waals surface area contributed by atoms with E-state index in [1.54, 1.807) is 36.5 Å². The Labute approximate surface area is 138 Å². The Hall–Kier alpha value is -2.99. The molecule has 6 heteroatoms. The predicted molar refractivity (Wildman–Crippen MR) is 89.9 cm³/mol. The maximum Gasteiger partial charge on any atom is 0.270 e. The molecule has 3 aromatic rings. The Morgan fingerprint density at radius 1 is 1.25 bits per heavy atom. The van der Waals surface area contributed by atoms with Crippen molar-refractivity contribution in [3.05, 3.63) is 81.9 Å². The van der Waals surface area contributed by atoms with Crippen molar-refractivity contribution in [1.29, 1.82) is 0 Å². The molecule has 0 bridgehead atoms. The number of hydrogen-bond acceptors (Lipinski definition) is 4. The maximum atomic E-state index is 12.3. The molecule has 122 valence electrons. The number of fused-ring (bicyclic) bond motifs is 1. The van der Waals surface area contributed by atoms with E-state index in [2.05, 4.69) is 10.3 Å². The number of carbonyl (C=O) groups is 1. The molecule has 0 aliphatic carbocycles. The second kappa shape index (κ2) is 6.64. The molecule has 0 aliphatic rings. The van der Waals surface area contributed by atoms with E-state index in [1.165, 1.54) is 10.6 Å². The lowest BCUT2D eigenvalue weighted by molar-refractivity contribution is 0.0914. The third kappa shape index (κ3) is 3.18. The zero-order valence-corrected chi connectivity index (χ0v) is 13.1. The van der Waals surface area contributed by atoms with Crippen LogP contribution in [-0.4, -0.2) is 26.9 Å². The molecule has 0 spiro atoms. The van der Waals surface area contributed by atoms with Gasteiger partial charge in [-0.2, -0.15) is 0 Å². The first-order valence-electron chi connectivity index (χ1n) is 7.55. The SMILES string of the molecule is Cc1ccc([C@@H](O)CNC(=O)c2cnc3ccccn3c2=O)cc1. The van der Waals surface area contributed by atoms with Gasteiger partial charge in [0.1, 0.15) is 11.2 Å². The lowest BCUT2D eigenvalue weighted by Gasteiger charge is -2.12. The van der Waals surface area contributed by atoms with Crippen molar-refractivity contribution >= 4 is 11.6 Å². The molecule has 1 aromatic carbocycles. The van der Waals surface area contributed by atoms with E-state index in [-0.39, 0.29) is 12.1 Å². The summed E-state index contributed by atoms with van der Waals surface area (Å²) in [4.78, 5) is 28.6. The van der Waals surface area contributed by atoms with E-state index >= 15 is 0 Å². The van der Waals surface area contributed by atoms with Crippen molar-refractivity contribution in [2.45, 2.75) is 13.0 Å². The molecule has 0 saturated carbocycles. The van der Waals surface area contributed by atoms with Gasteiger partial charge >= 0.3 is 0 Å². The Morgan fingerprint density at radius 3 is 2.75 bits per heavy atom. The summed E-state index contributed by atoms with van der Waals surface area (Å²) in [5.41, 5.74) is 1.76. The van der Waals surface area contributed by atoms with Crippen LogP contribution in [0.5, 0.6) is 0 Å². The summed E-state index contributed by atoms with van der Waals surface area (Å²) in [5, 5.41) is 12.7. The highest BCUT2D eigenvalue weighted by atomic mass is 16.3. The predicted octanol–water partition coefficient (Wildman–Crippen LogP) is 1.47. The summed E-state index contributed by atoms with van der Waals surface area (Å²) < 4.78 is 1.31. The van der Waals surface area contributed by atoms with Crippen LogP contribution < -0.4 is 10.9 Å². The molecule has 6 nitrogen and oxygen atoms in total. The van der Waals surface area contributed by atoms with Crippen molar-refractivity contribution in [2.75, 3.05) is 6.54 Å². The lowest BCUT2D eigenvalue weighted by Crippen LogP contribution is -2.34. The van der Waals surface area contributed by atoms with Crippen molar-refractivity contribution < 1.29 is 9.90 Å². The van der Waals surface area contributed by atoms with Gasteiger partial charge in [0.2, 0.25) is 0 Å². The van der Waals surface area contributed by atoms with Gasteiger partial charge in [0.05, 0.1) is 6.10 Å². The number of aliphatic hydroxyl groups is 1. The summed E-state index contributed by atoms with van der Waals surface area (Å²) in [5.74, 6) is -0.558. The topological polar surface area (TPSA) is 83.7 Å². The molecule has 0 unspecified atom stereocenters. The minimum Gasteiger partial charge on any atom is -0.387 e. The van der Waals surface area contributed by atoms with Gasteiger partial charge in [0.25, 0.3) is 11.5 Å². The van der Waals surface area contributed by atoms with E-state index in [0.717, 1.165) is 5.56 Å². The third-order valence-electron chi connectivity index (χ3n) is 3.78. The number of amides is 1. The molecule has 24 heavy (non-hydrogen) atoms. The van der Waals surface area contributed by atoms with Gasteiger partial charge in [-0.1, -0.05) is 35.9 Å². The highest BCUT2D eigenvalue weighted by molar-refractivity contribution is 5.93. The van der Waals surface area contributed by atoms with E-state index in [1.807, 2.05) is 19.1 Å². The van der Waals surface area contributed by atoms with Crippen LogP contribution in [-0.2, 0) is 0 Å². The Morgan fingerprint density at radius 2 is 2.00 bits per heavy atom. The Bertz CT molecular complexity index is 932. The summed E-state index contributed by atoms with van der Waals surface area (Å²) in [6, 6.07) is 12.5. The van der Waals surface area contributed by atoms with Crippen molar-refractivity contribution in [2.24, 2.45) is 0 Å². The van der Waals surface area contributed by atoms with Crippen LogP contribution in [0, 0.1) is 6.92 Å². The third-order valence-corrected chi connectivity index (χ3v) is 3.78. The fourth-order valence-corrected chi connectivity index (χ4v) is 2.37. The lowest BCUT2D eigenvalue weighted by atomic mass is 10.1. The minimum absolute atomic E-state index is 0.0127. The number of aryl methyl sites for hydroxylation is 1. The number of aromatic nitrogens is 2. The maximum absolute atomic E-state index is 12.3. The first kappa shape index (κ1) is 15.9. The smallest absolute Gasteiger partial charge is 0.270 e. The van der Waals surface area contributed by atoms with E-state index in [4.69, 9.17) is 0 Å². The number of carbonyl (C=O) groups excluding carboxylic acids is 1. The first-order chi connectivity index (χ1) is 11.6. The van der Waals surface area contributed by atoms with Gasteiger partial charge in [0, 0.05) is 18.9 Å². The molecular weight excluding hydrogens is 306 g/mol. The van der Waals surface area contributed by atoms with Gasteiger partial charge in [0.15, 0.2) is 0 Å². The van der Waals surface area contributed by atoms with Gasteiger partial charge < -0.3 is 10.4 Å². The first-order valence-corrected chi connectivity index (χ1v) is 7.55. The normalized spacial score (nSPS) is 12.1. The molecule has 2 heterocycles. The van der Waals surface area contributed by atoms with Crippen LogP contribution in [0.15, 0.2) is 59.7 Å². The molecule has 2 N–H and O–H groups in total. The average Bonchev–Trinajstić information content (AvgIpc) is 2.60. The zero-order chi connectivity index (χ0) is 17.1. The summed E-state index contributed by atoms with van der Waals surface area (Å²) in [7, 11) is 0. The van der Waals surface area contributed by atoms with E-state index in [0.29, 0.717) is 11.2 Å². The Kier molecular flexibility index (Phi) is 4.39. The van der Waals surface area contributed by atoms with Gasteiger partial charge in [-0.15, -0.1) is 0 Å². The fraction of sp³-hybridized carbons (Fsp3) is 0.167. The number of nitrogens with zero attached hydrogens (tertiary/aromatic N) is 2. The van der Waals surface area contributed by atoms with Gasteiger partial charge in [-0.25, -0.2) is 4.98 Å². The second-order valence-electron chi connectivity index (χ2n) is 5.54. The standard InChI is InChI=1S/C18H17N3O3/c1-12-5-7-13(8-6-12)15(22)11-20-17(23)14-10-19-16-4-2-3-9-21(16)18(14)24/h2-10,15,22H,11H2,1H3,(H,20,23)/t15-/m0/s1. The molecule has 1 amide bonds. The molecule has 3 rings (SSSR count). The van der Waals surface area contributed by atoms with Crippen molar-refractivity contribution in [3.63, 3.8) is 0 Å². The van der Waals surface area contributed by atoms with Crippen LogP contribution in [0.3, 0.4) is 0 Å². The fourth-order valence-electron chi connectivity index (χ4n) is 2.37. The average molecular weight is 323 g/mol. The molecular formula is C18H17N3O3. The number of benzene rings is 1. The number of hydrogen-bond donors (Lipinski definition) is 2. The van der Waals surface area contributed by atoms with E-state index in [9.17, 15) is 14.7 Å². The molecule has 2 aromatic heterocycles. The van der Waals surface area contributed by atoms with Crippen LogP contribution in [0.4, 0.5) is 0 Å². The van der Waals surface area contributed by atoms with Crippen LogP contribution >= 0.6 is 0 Å². The second-order valence-corrected chi connectivity index (χ2v) is 5.54. The molecule has 0 aliphatic heterocycles. The number of aliphatic hydroxyl groups excluding tert-OH is 1. The van der Waals surface area contributed by atoms with Crippen molar-refractivity contribution in [1.82, 2.24) is 14.7 Å². The molecule has 1 atom stereocenters. The van der Waals surface area contributed by atoms with E-state index < -0.39 is 17.6 Å². The summed E-state index contributed by atoms with van der Waals surface area (Å²) >= 11 is 0. The summed E-state index contributed by atoms with van der Waals surface area (Å²) in [6.45, 7) is 1.97. The molecule has 0 fully saturated rings. The van der Waals surface area contributed by atoms with Gasteiger partial charge in [-0.05, 0) is 24.6 Å². The number of nitrogens with one attached hydrogen (secondary N) is 1. The minimum atomic E-state index is -0.842. The van der Waals surface area contributed by atoms with Crippen LogP contribution in [0.1, 0.15) is 27.6 Å². The van der Waals surface area contributed by atoms with Crippen LogP contribution in [0.2, 0.25) is 0 Å². The summed E-state index contributed by atoms with van der Waals surface area (Å²) in [6.07, 6.45) is 1.97. The monoisotopic (exact) mass is 323 g/mol. The highest BCUT2D eigenvalue weighted by Gasteiger charge is 2.15. The highest BCUT2D eigenvalue weighted by Crippen LogP contribution is 2.12. The molecule has 0 radical (unpaired) electrons. The Balaban J connectivity index is 1.74. The largest absolute Gasteiger partial charge is 0.387 e. The number of pyridine rings is 1. The van der Waals surface area contributed by atoms with Crippen LogP contribution in [0.25, 0.3) is 5.65 Å².